The van der Waals surface area contributed by atoms with Crippen molar-refractivity contribution in [3.63, 3.8) is 0 Å². The Labute approximate surface area is 184 Å². The summed E-state index contributed by atoms with van der Waals surface area (Å²) in [5, 5.41) is 14.7. The van der Waals surface area contributed by atoms with Crippen LogP contribution in [0.3, 0.4) is 0 Å². The van der Waals surface area contributed by atoms with Crippen molar-refractivity contribution in [3.8, 4) is 11.1 Å². The van der Waals surface area contributed by atoms with Crippen LogP contribution in [0, 0.1) is 19.8 Å². The van der Waals surface area contributed by atoms with Crippen molar-refractivity contribution in [2.75, 3.05) is 0 Å². The van der Waals surface area contributed by atoms with E-state index < -0.39 is 12.0 Å². The lowest BCUT2D eigenvalue weighted by atomic mass is 9.99. The van der Waals surface area contributed by atoms with Gasteiger partial charge in [-0.25, -0.2) is 9.78 Å². The fourth-order valence-electron chi connectivity index (χ4n) is 3.09. The molecule has 2 amide bonds. The molecule has 0 atom stereocenters. The molecular formula is C23H21ClFN3O3. The molecule has 1 heterocycles. The Kier molecular flexibility index (Phi) is 6.87. The number of amides is 2. The fourth-order valence-corrected chi connectivity index (χ4v) is 3.20. The SMILES string of the molecule is Cc1cc(CNC(=O)c2cc(CNC(=O)O)cc(-c3cnc(F)c(C)c3)c2)ccc1Cl. The van der Waals surface area contributed by atoms with Crippen molar-refractivity contribution in [3.05, 3.63) is 87.4 Å². The summed E-state index contributed by atoms with van der Waals surface area (Å²) in [4.78, 5) is 27.4. The van der Waals surface area contributed by atoms with Crippen molar-refractivity contribution < 1.29 is 19.1 Å². The highest BCUT2D eigenvalue weighted by molar-refractivity contribution is 6.31. The number of nitrogens with zero attached hydrogens (tertiary/aromatic N) is 1. The molecule has 2 aromatic carbocycles. The molecule has 31 heavy (non-hydrogen) atoms. The highest BCUT2D eigenvalue weighted by atomic mass is 35.5. The summed E-state index contributed by atoms with van der Waals surface area (Å²) in [6, 6.07) is 12.2. The van der Waals surface area contributed by atoms with Crippen LogP contribution in [-0.4, -0.2) is 22.1 Å². The first-order valence-electron chi connectivity index (χ1n) is 9.49. The zero-order valence-corrected chi connectivity index (χ0v) is 17.8. The van der Waals surface area contributed by atoms with E-state index in [0.717, 1.165) is 11.1 Å². The maximum atomic E-state index is 13.6. The molecule has 0 aliphatic rings. The normalized spacial score (nSPS) is 10.6. The number of rotatable bonds is 6. The van der Waals surface area contributed by atoms with Crippen LogP contribution in [0.5, 0.6) is 0 Å². The van der Waals surface area contributed by atoms with Crippen molar-refractivity contribution in [2.45, 2.75) is 26.9 Å². The molecule has 0 spiro atoms. The van der Waals surface area contributed by atoms with Gasteiger partial charge >= 0.3 is 6.09 Å². The van der Waals surface area contributed by atoms with E-state index >= 15 is 0 Å². The Morgan fingerprint density at radius 2 is 1.71 bits per heavy atom. The third kappa shape index (κ3) is 5.79. The van der Waals surface area contributed by atoms with Crippen LogP contribution in [0.25, 0.3) is 11.1 Å². The van der Waals surface area contributed by atoms with Crippen molar-refractivity contribution in [1.29, 1.82) is 0 Å². The van der Waals surface area contributed by atoms with Gasteiger partial charge < -0.3 is 15.7 Å². The molecule has 0 fully saturated rings. The Balaban J connectivity index is 1.88. The van der Waals surface area contributed by atoms with Gasteiger partial charge in [0.05, 0.1) is 0 Å². The predicted octanol–water partition coefficient (Wildman–Crippen LogP) is 4.86. The second-order valence-electron chi connectivity index (χ2n) is 7.18. The molecule has 3 rings (SSSR count). The Morgan fingerprint density at radius 1 is 0.968 bits per heavy atom. The van der Waals surface area contributed by atoms with Crippen LogP contribution >= 0.6 is 11.6 Å². The lowest BCUT2D eigenvalue weighted by molar-refractivity contribution is 0.0951. The van der Waals surface area contributed by atoms with Gasteiger partial charge in [-0.15, -0.1) is 0 Å². The highest BCUT2D eigenvalue weighted by Gasteiger charge is 2.12. The third-order valence-corrected chi connectivity index (χ3v) is 5.15. The lowest BCUT2D eigenvalue weighted by Crippen LogP contribution is -2.24. The van der Waals surface area contributed by atoms with E-state index in [1.165, 1.54) is 6.20 Å². The largest absolute Gasteiger partial charge is 0.465 e. The van der Waals surface area contributed by atoms with Gasteiger partial charge in [0.15, 0.2) is 0 Å². The van der Waals surface area contributed by atoms with Crippen LogP contribution in [0.2, 0.25) is 5.02 Å². The minimum absolute atomic E-state index is 0.0213. The minimum Gasteiger partial charge on any atom is -0.465 e. The highest BCUT2D eigenvalue weighted by Crippen LogP contribution is 2.24. The minimum atomic E-state index is -1.17. The molecule has 0 bridgehead atoms. The van der Waals surface area contributed by atoms with E-state index in [-0.39, 0.29) is 12.5 Å². The topological polar surface area (TPSA) is 91.3 Å². The van der Waals surface area contributed by atoms with E-state index in [1.54, 1.807) is 37.3 Å². The number of carbonyl (C=O) groups is 2. The molecule has 160 valence electrons. The van der Waals surface area contributed by atoms with Crippen molar-refractivity contribution in [2.24, 2.45) is 0 Å². The van der Waals surface area contributed by atoms with Gasteiger partial charge in [-0.1, -0.05) is 23.7 Å². The molecule has 6 nitrogen and oxygen atoms in total. The van der Waals surface area contributed by atoms with Gasteiger partial charge in [-0.2, -0.15) is 4.39 Å². The Morgan fingerprint density at radius 3 is 2.39 bits per heavy atom. The van der Waals surface area contributed by atoms with Gasteiger partial charge in [-0.3, -0.25) is 4.79 Å². The first-order valence-corrected chi connectivity index (χ1v) is 9.87. The lowest BCUT2D eigenvalue weighted by Gasteiger charge is -2.12. The summed E-state index contributed by atoms with van der Waals surface area (Å²) < 4.78 is 13.6. The zero-order valence-electron chi connectivity index (χ0n) is 17.0. The first-order chi connectivity index (χ1) is 14.7. The zero-order chi connectivity index (χ0) is 22.5. The second-order valence-corrected chi connectivity index (χ2v) is 7.58. The number of nitrogens with one attached hydrogen (secondary N) is 2. The Bertz CT molecular complexity index is 1150. The molecule has 0 saturated carbocycles. The molecule has 0 radical (unpaired) electrons. The Hall–Kier alpha value is -3.45. The van der Waals surface area contributed by atoms with E-state index in [1.807, 2.05) is 19.1 Å². The van der Waals surface area contributed by atoms with Crippen LogP contribution in [0.15, 0.2) is 48.7 Å². The van der Waals surface area contributed by atoms with Gasteiger partial charge in [0.1, 0.15) is 0 Å². The van der Waals surface area contributed by atoms with Crippen molar-refractivity contribution >= 4 is 23.6 Å². The number of carbonyl (C=O) groups excluding carboxylic acids is 1. The van der Waals surface area contributed by atoms with Crippen LogP contribution in [0.4, 0.5) is 9.18 Å². The number of benzene rings is 2. The predicted molar refractivity (Wildman–Crippen MR) is 117 cm³/mol. The number of aryl methyl sites for hydroxylation is 2. The molecule has 0 unspecified atom stereocenters. The summed E-state index contributed by atoms with van der Waals surface area (Å²) in [6.07, 6.45) is 0.207. The molecule has 0 aliphatic carbocycles. The molecule has 3 aromatic rings. The molecule has 1 aromatic heterocycles. The van der Waals surface area contributed by atoms with E-state index in [9.17, 15) is 14.0 Å². The number of aromatic nitrogens is 1. The van der Waals surface area contributed by atoms with E-state index in [4.69, 9.17) is 16.7 Å². The van der Waals surface area contributed by atoms with Gasteiger partial charge in [0.2, 0.25) is 5.95 Å². The van der Waals surface area contributed by atoms with E-state index in [0.29, 0.717) is 39.4 Å². The smallest absolute Gasteiger partial charge is 0.404 e. The van der Waals surface area contributed by atoms with Crippen LogP contribution in [0.1, 0.15) is 32.6 Å². The van der Waals surface area contributed by atoms with Crippen LogP contribution in [-0.2, 0) is 13.1 Å². The monoisotopic (exact) mass is 441 g/mol. The summed E-state index contributed by atoms with van der Waals surface area (Å²) >= 11 is 6.04. The quantitative estimate of drug-likeness (QED) is 0.476. The number of pyridine rings is 1. The number of hydrogen-bond acceptors (Lipinski definition) is 3. The standard InChI is InChI=1S/C23H21ClFN3O3/c1-13-5-15(3-4-20(13)24)10-27-22(29)18-8-16(11-28-23(30)31)7-17(9-18)19-6-14(2)21(25)26-12-19/h3-9,12,28H,10-11H2,1-2H3,(H,27,29)(H,30,31). The second kappa shape index (κ2) is 9.57. The van der Waals surface area contributed by atoms with Gasteiger partial charge in [-0.05, 0) is 66.4 Å². The van der Waals surface area contributed by atoms with E-state index in [2.05, 4.69) is 15.6 Å². The van der Waals surface area contributed by atoms with Gasteiger partial charge in [0.25, 0.3) is 5.91 Å². The summed E-state index contributed by atoms with van der Waals surface area (Å²) in [6.45, 7) is 3.81. The molecule has 8 heteroatoms. The number of halogens is 2. The third-order valence-electron chi connectivity index (χ3n) is 4.72. The maximum absolute atomic E-state index is 13.6. The number of hydrogen-bond donors (Lipinski definition) is 3. The molecule has 0 saturated heterocycles. The fraction of sp³-hybridized carbons (Fsp3) is 0.174. The van der Waals surface area contributed by atoms with Crippen LogP contribution < -0.4 is 10.6 Å². The molecular weight excluding hydrogens is 421 g/mol. The average Bonchev–Trinajstić information content (AvgIpc) is 2.74. The summed E-state index contributed by atoms with van der Waals surface area (Å²) in [7, 11) is 0. The number of carboxylic acid groups (broad SMARTS) is 1. The average molecular weight is 442 g/mol. The maximum Gasteiger partial charge on any atom is 0.404 e. The van der Waals surface area contributed by atoms with Gasteiger partial charge in [0, 0.05) is 41.0 Å². The molecule has 3 N–H and O–H groups in total. The summed E-state index contributed by atoms with van der Waals surface area (Å²) in [5.74, 6) is -0.888. The molecule has 0 aliphatic heterocycles. The summed E-state index contributed by atoms with van der Waals surface area (Å²) in [5.41, 5.74) is 4.39. The first kappa shape index (κ1) is 22.2. The van der Waals surface area contributed by atoms with Crippen molar-refractivity contribution in [1.82, 2.24) is 15.6 Å².